The van der Waals surface area contributed by atoms with Gasteiger partial charge in [-0.3, -0.25) is 4.79 Å². The van der Waals surface area contributed by atoms with Crippen LogP contribution < -0.4 is 0 Å². The number of fused-ring (bicyclic) bond motifs is 3. The van der Waals surface area contributed by atoms with E-state index in [1.807, 2.05) is 0 Å². The molecule has 0 radical (unpaired) electrons. The van der Waals surface area contributed by atoms with E-state index in [-0.39, 0.29) is 16.2 Å². The van der Waals surface area contributed by atoms with Gasteiger partial charge in [-0.05, 0) is 102 Å². The van der Waals surface area contributed by atoms with Crippen LogP contribution in [0.1, 0.15) is 142 Å². The molecule has 8 heteroatoms. The minimum atomic E-state index is -1.36. The lowest BCUT2D eigenvalue weighted by molar-refractivity contribution is -0.119. The van der Waals surface area contributed by atoms with Crippen molar-refractivity contribution in [2.45, 2.75) is 150 Å². The molecule has 1 saturated heterocycles. The van der Waals surface area contributed by atoms with Crippen molar-refractivity contribution in [1.82, 2.24) is 0 Å². The van der Waals surface area contributed by atoms with E-state index in [0.29, 0.717) is 5.52 Å². The molecule has 2 aromatic carbocycles. The van der Waals surface area contributed by atoms with Crippen molar-refractivity contribution in [1.29, 1.82) is 0 Å². The van der Waals surface area contributed by atoms with Gasteiger partial charge >= 0.3 is 0 Å². The molecule has 3 saturated carbocycles. The Morgan fingerprint density at radius 3 is 1.47 bits per heavy atom. The fourth-order valence-electron chi connectivity index (χ4n) is 11.1. The monoisotopic (exact) mass is 716 g/mol. The lowest BCUT2D eigenvalue weighted by Crippen LogP contribution is -2.47. The Bertz CT molecular complexity index is 1750. The van der Waals surface area contributed by atoms with Gasteiger partial charge in [0.15, 0.2) is 15.7 Å². The molecule has 3 aliphatic heterocycles. The molecule has 262 valence electrons. The van der Waals surface area contributed by atoms with Crippen molar-refractivity contribution in [3.63, 3.8) is 0 Å². The van der Waals surface area contributed by atoms with E-state index in [9.17, 15) is 0 Å². The van der Waals surface area contributed by atoms with Gasteiger partial charge in [0.25, 0.3) is 0 Å². The summed E-state index contributed by atoms with van der Waals surface area (Å²) in [6, 6.07) is 9.23. The SMILES string of the molecule is Cc1cc(C)c(C2=NO[C@@]3(C4(C)CCCC4)P2P(C(=O)C2(C)CCCC2)[C@@]2(C4(C)CCCC4)ON=C(c4c(C)cc(C)cc4C)P23)c(C)c1. The molecule has 6 aliphatic rings. The first-order valence-electron chi connectivity index (χ1n) is 18.9. The van der Waals surface area contributed by atoms with Crippen molar-refractivity contribution in [3.8, 4) is 0 Å². The number of carbonyl (C=O) groups is 1. The van der Waals surface area contributed by atoms with Gasteiger partial charge < -0.3 is 9.68 Å². The Labute approximate surface area is 298 Å². The first-order chi connectivity index (χ1) is 23.2. The van der Waals surface area contributed by atoms with Crippen LogP contribution in [0, 0.1) is 57.8 Å². The van der Waals surface area contributed by atoms with Gasteiger partial charge in [-0.2, -0.15) is 0 Å². The van der Waals surface area contributed by atoms with Crippen molar-refractivity contribution in [2.24, 2.45) is 26.6 Å². The Hall–Kier alpha value is -1.66. The second-order valence-electron chi connectivity index (χ2n) is 17.3. The van der Waals surface area contributed by atoms with Crippen molar-refractivity contribution in [3.05, 3.63) is 68.8 Å². The van der Waals surface area contributed by atoms with Crippen LogP contribution in [0.25, 0.3) is 0 Å². The van der Waals surface area contributed by atoms with Crippen LogP contribution in [-0.2, 0) is 14.5 Å². The molecule has 0 aromatic heterocycles. The van der Waals surface area contributed by atoms with Crippen LogP contribution in [0.5, 0.6) is 0 Å². The molecule has 3 heterocycles. The molecule has 0 N–H and O–H groups in total. The van der Waals surface area contributed by atoms with Gasteiger partial charge in [-0.1, -0.05) is 105 Å². The van der Waals surface area contributed by atoms with E-state index in [4.69, 9.17) is 20.0 Å². The first kappa shape index (κ1) is 34.4. The summed E-state index contributed by atoms with van der Waals surface area (Å²) in [4.78, 5) is 31.0. The lowest BCUT2D eigenvalue weighted by atomic mass is 9.88. The van der Waals surface area contributed by atoms with E-state index in [2.05, 4.69) is 86.6 Å². The Balaban J connectivity index is 1.47. The number of aryl methyl sites for hydroxylation is 6. The number of oxime groups is 2. The lowest BCUT2D eigenvalue weighted by Gasteiger charge is -2.49. The summed E-state index contributed by atoms with van der Waals surface area (Å²) in [5.74, 6) is 0. The Kier molecular flexibility index (Phi) is 8.20. The molecule has 0 amide bonds. The summed E-state index contributed by atoms with van der Waals surface area (Å²) in [5, 5.41) is 9.39. The standard InChI is InChI=1S/C41H55N2O3P3/c1-26-22-28(3)32(29(4)23-26)34-42-46-41(39(9)20-14-15-21-39)47(34)40(38(8)18-12-13-19-38)45-43-35(33-30(5)24-27(2)25-31(33)6)48(40)49(41)36(44)37(7)16-10-11-17-37/h22-25H,10-21H2,1-9H3/t40-,41+,47?,48?,49?/m1/s1. The highest BCUT2D eigenvalue weighted by atomic mass is 32.1. The molecule has 5 nitrogen and oxygen atoms in total. The van der Waals surface area contributed by atoms with Gasteiger partial charge in [-0.15, -0.1) is 0 Å². The molecule has 3 unspecified atom stereocenters. The van der Waals surface area contributed by atoms with E-state index in [1.165, 1.54) is 70.2 Å². The Morgan fingerprint density at radius 2 is 0.980 bits per heavy atom. The highest BCUT2D eigenvalue weighted by Gasteiger charge is 2.87. The average Bonchev–Trinajstić information content (AvgIpc) is 3.86. The highest BCUT2D eigenvalue weighted by molar-refractivity contribution is 8.50. The zero-order valence-electron chi connectivity index (χ0n) is 31.3. The number of hydrogen-bond donors (Lipinski definition) is 0. The van der Waals surface area contributed by atoms with Crippen LogP contribution in [0.4, 0.5) is 0 Å². The fourth-order valence-corrected chi connectivity index (χ4v) is 31.6. The maximum atomic E-state index is 16.1. The van der Waals surface area contributed by atoms with Gasteiger partial charge in [0, 0.05) is 35.0 Å². The normalized spacial score (nSPS) is 33.5. The summed E-state index contributed by atoms with van der Waals surface area (Å²) in [7, 11) is -3.76. The molecule has 3 aliphatic carbocycles. The smallest absolute Gasteiger partial charge is 0.199 e. The third-order valence-corrected chi connectivity index (χ3v) is 28.5. The van der Waals surface area contributed by atoms with E-state index >= 15 is 4.79 Å². The largest absolute Gasteiger partial charge is 0.378 e. The fraction of sp³-hybridized carbons (Fsp3) is 0.634. The maximum Gasteiger partial charge on any atom is 0.199 e. The summed E-state index contributed by atoms with van der Waals surface area (Å²) in [6.45, 7) is 20.7. The van der Waals surface area contributed by atoms with Gasteiger partial charge in [0.2, 0.25) is 0 Å². The van der Waals surface area contributed by atoms with Gasteiger partial charge in [0.1, 0.15) is 10.9 Å². The first-order valence-corrected chi connectivity index (χ1v) is 23.6. The maximum absolute atomic E-state index is 16.1. The van der Waals surface area contributed by atoms with Crippen LogP contribution in [-0.4, -0.2) is 26.6 Å². The molecular formula is C41H55N2O3P3. The van der Waals surface area contributed by atoms with E-state index in [0.717, 1.165) is 62.3 Å². The van der Waals surface area contributed by atoms with Crippen LogP contribution in [0.15, 0.2) is 34.6 Å². The average molecular weight is 717 g/mol. The quantitative estimate of drug-likeness (QED) is 0.280. The number of carbonyl (C=O) groups excluding carboxylic acids is 1. The molecule has 0 spiro atoms. The molecule has 49 heavy (non-hydrogen) atoms. The summed E-state index contributed by atoms with van der Waals surface area (Å²) in [6.07, 6.45) is 13.3. The number of rotatable bonds is 6. The predicted octanol–water partition coefficient (Wildman–Crippen LogP) is 12.6. The number of hydrogen-bond acceptors (Lipinski definition) is 5. The zero-order valence-corrected chi connectivity index (χ0v) is 33.9. The van der Waals surface area contributed by atoms with Gasteiger partial charge in [0.05, 0.1) is 15.5 Å². The summed E-state index contributed by atoms with van der Waals surface area (Å²) >= 11 is 0. The van der Waals surface area contributed by atoms with Gasteiger partial charge in [-0.25, -0.2) is 0 Å². The molecule has 8 rings (SSSR count). The predicted molar refractivity (Wildman–Crippen MR) is 208 cm³/mol. The topological polar surface area (TPSA) is 60.2 Å². The number of benzene rings is 2. The van der Waals surface area contributed by atoms with Crippen molar-refractivity contribution < 1.29 is 14.5 Å². The number of nitrogens with zero attached hydrogens (tertiary/aromatic N) is 2. The third-order valence-electron chi connectivity index (χ3n) is 13.5. The van der Waals surface area contributed by atoms with Crippen molar-refractivity contribution >= 4 is 39.6 Å². The molecular weight excluding hydrogens is 661 g/mol. The summed E-state index contributed by atoms with van der Waals surface area (Å²) in [5.41, 5.74) is 12.0. The minimum absolute atomic E-state index is 0.128. The van der Waals surface area contributed by atoms with Crippen LogP contribution in [0.2, 0.25) is 0 Å². The molecule has 5 atom stereocenters. The zero-order chi connectivity index (χ0) is 34.7. The molecule has 0 bridgehead atoms. The van der Waals surface area contributed by atoms with Crippen LogP contribution >= 0.6 is 23.1 Å². The second-order valence-corrected chi connectivity index (χ2v) is 26.1. The van der Waals surface area contributed by atoms with E-state index < -0.39 is 33.3 Å². The van der Waals surface area contributed by atoms with E-state index in [1.54, 1.807) is 0 Å². The summed E-state index contributed by atoms with van der Waals surface area (Å²) < 4.78 is 0. The minimum Gasteiger partial charge on any atom is -0.378 e. The second kappa shape index (κ2) is 11.7. The van der Waals surface area contributed by atoms with Crippen LogP contribution in [0.3, 0.4) is 0 Å². The molecule has 4 fully saturated rings. The van der Waals surface area contributed by atoms with Crippen molar-refractivity contribution in [2.75, 3.05) is 0 Å². The third kappa shape index (κ3) is 4.56. The molecule has 2 aromatic rings. The Morgan fingerprint density at radius 1 is 0.592 bits per heavy atom. The highest BCUT2D eigenvalue weighted by Crippen LogP contribution is 3.08.